The summed E-state index contributed by atoms with van der Waals surface area (Å²) in [4.78, 5) is 13.8. The van der Waals surface area contributed by atoms with E-state index in [1.165, 1.54) is 5.56 Å². The Morgan fingerprint density at radius 3 is 2.35 bits per heavy atom. The maximum Gasteiger partial charge on any atom is 0.225 e. The number of hydrogen-bond acceptors (Lipinski definition) is 1. The van der Waals surface area contributed by atoms with Gasteiger partial charge < -0.3 is 4.90 Å². The minimum absolute atomic E-state index is 0.205. The van der Waals surface area contributed by atoms with Crippen molar-refractivity contribution < 1.29 is 9.18 Å². The van der Waals surface area contributed by atoms with Gasteiger partial charge in [0.15, 0.2) is 0 Å². The standard InChI is InChI=1S/C13H17NO.CH3F/c1-10-8-9-14(13(10)15)11(2)12-6-4-3-5-7-12;1-2/h3-7,10-11H,8-9H2,1-2H3;1H3. The van der Waals surface area contributed by atoms with E-state index in [0.717, 1.165) is 13.0 Å². The summed E-state index contributed by atoms with van der Waals surface area (Å²) in [5.74, 6) is 0.502. The number of amides is 1. The van der Waals surface area contributed by atoms with Crippen LogP contribution in [0.25, 0.3) is 0 Å². The first kappa shape index (κ1) is 13.7. The third-order valence-electron chi connectivity index (χ3n) is 3.26. The summed E-state index contributed by atoms with van der Waals surface area (Å²) in [5.41, 5.74) is 1.22. The van der Waals surface area contributed by atoms with E-state index in [4.69, 9.17) is 0 Å². The zero-order chi connectivity index (χ0) is 12.8. The first-order chi connectivity index (χ1) is 8.20. The molecule has 0 bridgehead atoms. The molecule has 3 heteroatoms. The molecule has 2 atom stereocenters. The Kier molecular flexibility index (Phi) is 5.13. The van der Waals surface area contributed by atoms with Crippen molar-refractivity contribution in [2.75, 3.05) is 13.7 Å². The van der Waals surface area contributed by atoms with Crippen LogP contribution in [0, 0.1) is 5.92 Å². The highest BCUT2D eigenvalue weighted by Gasteiger charge is 2.31. The van der Waals surface area contributed by atoms with Crippen molar-refractivity contribution in [2.45, 2.75) is 26.3 Å². The zero-order valence-electron chi connectivity index (χ0n) is 10.7. The van der Waals surface area contributed by atoms with Crippen LogP contribution >= 0.6 is 0 Å². The number of halogens is 1. The molecule has 0 N–H and O–H groups in total. The molecule has 0 aliphatic carbocycles. The molecule has 1 aliphatic rings. The van der Waals surface area contributed by atoms with Gasteiger partial charge in [0, 0.05) is 12.5 Å². The van der Waals surface area contributed by atoms with Crippen LogP contribution in [0.3, 0.4) is 0 Å². The van der Waals surface area contributed by atoms with Gasteiger partial charge in [-0.3, -0.25) is 9.18 Å². The van der Waals surface area contributed by atoms with Crippen LogP contribution in [-0.2, 0) is 4.79 Å². The lowest BCUT2D eigenvalue weighted by Crippen LogP contribution is -2.29. The molecule has 1 aromatic rings. The minimum Gasteiger partial charge on any atom is -0.336 e. The molecule has 94 valence electrons. The Morgan fingerprint density at radius 1 is 1.29 bits per heavy atom. The monoisotopic (exact) mass is 237 g/mol. The largest absolute Gasteiger partial charge is 0.336 e. The molecule has 0 saturated carbocycles. The van der Waals surface area contributed by atoms with Crippen LogP contribution in [0.4, 0.5) is 4.39 Å². The molecule has 0 aromatic heterocycles. The average molecular weight is 237 g/mol. The molecule has 1 amide bonds. The Labute approximate surface area is 102 Å². The van der Waals surface area contributed by atoms with Crippen molar-refractivity contribution in [1.29, 1.82) is 0 Å². The predicted octanol–water partition coefficient (Wildman–Crippen LogP) is 3.20. The highest BCUT2D eigenvalue weighted by atomic mass is 19.1. The summed E-state index contributed by atoms with van der Waals surface area (Å²) in [6.45, 7) is 5.02. The molecule has 1 fully saturated rings. The van der Waals surface area contributed by atoms with Gasteiger partial charge >= 0.3 is 0 Å². The molecule has 2 rings (SSSR count). The van der Waals surface area contributed by atoms with Gasteiger partial charge in [-0.15, -0.1) is 0 Å². The first-order valence-corrected chi connectivity index (χ1v) is 5.93. The zero-order valence-corrected chi connectivity index (χ0v) is 10.7. The molecule has 0 spiro atoms. The Bertz CT molecular complexity index is 352. The normalized spacial score (nSPS) is 20.8. The van der Waals surface area contributed by atoms with Crippen molar-refractivity contribution in [2.24, 2.45) is 5.92 Å². The summed E-state index contributed by atoms with van der Waals surface area (Å²) >= 11 is 0. The van der Waals surface area contributed by atoms with E-state index >= 15 is 0 Å². The smallest absolute Gasteiger partial charge is 0.225 e. The lowest BCUT2D eigenvalue weighted by molar-refractivity contribution is -0.132. The van der Waals surface area contributed by atoms with E-state index in [-0.39, 0.29) is 12.0 Å². The van der Waals surface area contributed by atoms with Crippen molar-refractivity contribution in [1.82, 2.24) is 4.90 Å². The third-order valence-corrected chi connectivity index (χ3v) is 3.26. The summed E-state index contributed by atoms with van der Waals surface area (Å²) in [7, 11) is 0.500. The van der Waals surface area contributed by atoms with Crippen LogP contribution in [0.15, 0.2) is 30.3 Å². The fourth-order valence-corrected chi connectivity index (χ4v) is 2.15. The lowest BCUT2D eigenvalue weighted by atomic mass is 10.1. The van der Waals surface area contributed by atoms with E-state index in [2.05, 4.69) is 19.1 Å². The molecule has 1 heterocycles. The second kappa shape index (κ2) is 6.38. The van der Waals surface area contributed by atoms with Gasteiger partial charge in [0.05, 0.1) is 13.2 Å². The number of carbonyl (C=O) groups excluding carboxylic acids is 1. The summed E-state index contributed by atoms with van der Waals surface area (Å²) in [5, 5.41) is 0. The number of hydrogen-bond donors (Lipinski definition) is 0. The summed E-state index contributed by atoms with van der Waals surface area (Å²) in [6, 6.07) is 10.4. The second-order valence-electron chi connectivity index (χ2n) is 4.31. The second-order valence-corrected chi connectivity index (χ2v) is 4.31. The molecule has 1 aromatic carbocycles. The Balaban J connectivity index is 0.000000686. The number of alkyl halides is 1. The molecule has 1 saturated heterocycles. The maximum absolute atomic E-state index is 11.8. The highest BCUT2D eigenvalue weighted by molar-refractivity contribution is 5.80. The van der Waals surface area contributed by atoms with Crippen LogP contribution < -0.4 is 0 Å². The van der Waals surface area contributed by atoms with Gasteiger partial charge in [-0.2, -0.15) is 0 Å². The molecule has 2 nitrogen and oxygen atoms in total. The van der Waals surface area contributed by atoms with Crippen LogP contribution in [0.2, 0.25) is 0 Å². The van der Waals surface area contributed by atoms with Crippen LogP contribution in [0.5, 0.6) is 0 Å². The number of benzene rings is 1. The van der Waals surface area contributed by atoms with Crippen molar-refractivity contribution in [3.05, 3.63) is 35.9 Å². The maximum atomic E-state index is 11.8. The van der Waals surface area contributed by atoms with Gasteiger partial charge in [0.1, 0.15) is 0 Å². The summed E-state index contributed by atoms with van der Waals surface area (Å²) in [6.07, 6.45) is 0.996. The van der Waals surface area contributed by atoms with Crippen molar-refractivity contribution >= 4 is 5.91 Å². The number of rotatable bonds is 2. The average Bonchev–Trinajstić information content (AvgIpc) is 2.73. The molecular weight excluding hydrogens is 217 g/mol. The SMILES string of the molecule is CC1CCN(C(C)c2ccccc2)C1=O.CF. The number of carbonyl (C=O) groups is 1. The molecule has 2 unspecified atom stereocenters. The van der Waals surface area contributed by atoms with E-state index in [1.54, 1.807) is 0 Å². The Morgan fingerprint density at radius 2 is 1.88 bits per heavy atom. The van der Waals surface area contributed by atoms with Gasteiger partial charge in [-0.05, 0) is 18.9 Å². The third kappa shape index (κ3) is 3.05. The molecule has 17 heavy (non-hydrogen) atoms. The summed E-state index contributed by atoms with van der Waals surface area (Å²) < 4.78 is 9.50. The van der Waals surface area contributed by atoms with Gasteiger partial charge in [-0.1, -0.05) is 37.3 Å². The Hall–Kier alpha value is -1.38. The highest BCUT2D eigenvalue weighted by Crippen LogP contribution is 2.27. The predicted molar refractivity (Wildman–Crippen MR) is 67.4 cm³/mol. The first-order valence-electron chi connectivity index (χ1n) is 5.93. The van der Waals surface area contributed by atoms with Crippen LogP contribution in [-0.4, -0.2) is 24.5 Å². The quantitative estimate of drug-likeness (QED) is 0.773. The topological polar surface area (TPSA) is 20.3 Å². The van der Waals surface area contributed by atoms with Gasteiger partial charge in [0.2, 0.25) is 5.91 Å². The lowest BCUT2D eigenvalue weighted by Gasteiger charge is -2.24. The fraction of sp³-hybridized carbons (Fsp3) is 0.500. The molecule has 0 radical (unpaired) electrons. The molecular formula is C14H20FNO. The molecule has 1 aliphatic heterocycles. The van der Waals surface area contributed by atoms with Gasteiger partial charge in [0.25, 0.3) is 0 Å². The minimum atomic E-state index is 0.205. The number of nitrogens with zero attached hydrogens (tertiary/aromatic N) is 1. The van der Waals surface area contributed by atoms with Crippen LogP contribution in [0.1, 0.15) is 31.9 Å². The van der Waals surface area contributed by atoms with Gasteiger partial charge in [-0.25, -0.2) is 0 Å². The van der Waals surface area contributed by atoms with Crippen molar-refractivity contribution in [3.63, 3.8) is 0 Å². The van der Waals surface area contributed by atoms with E-state index in [9.17, 15) is 9.18 Å². The van der Waals surface area contributed by atoms with Crippen molar-refractivity contribution in [3.8, 4) is 0 Å². The number of likely N-dealkylation sites (tertiary alicyclic amines) is 1. The van der Waals surface area contributed by atoms with E-state index < -0.39 is 0 Å². The van der Waals surface area contributed by atoms with E-state index in [1.807, 2.05) is 30.0 Å². The fourth-order valence-electron chi connectivity index (χ4n) is 2.15. The van der Waals surface area contributed by atoms with E-state index in [0.29, 0.717) is 13.1 Å².